The molecule has 3 heteroatoms. The Labute approximate surface area is 160 Å². The maximum atomic E-state index is 13.2. The third-order valence-corrected chi connectivity index (χ3v) is 4.99. The Balaban J connectivity index is 1.68. The summed E-state index contributed by atoms with van der Waals surface area (Å²) in [7, 11) is 0. The third kappa shape index (κ3) is 4.09. The SMILES string of the molecule is O=C(C1CCOC1)N(Cc1ccccc1)c1cccc(-c2ccccc2)c1. The number of nitrogens with zero attached hydrogens (tertiary/aromatic N) is 1. The molecule has 0 bridgehead atoms. The van der Waals surface area contributed by atoms with Gasteiger partial charge in [0.1, 0.15) is 0 Å². The molecule has 1 aliphatic rings. The van der Waals surface area contributed by atoms with Gasteiger partial charge in [-0.15, -0.1) is 0 Å². The number of rotatable bonds is 5. The topological polar surface area (TPSA) is 29.5 Å². The van der Waals surface area contributed by atoms with Crippen LogP contribution in [0, 0.1) is 5.92 Å². The van der Waals surface area contributed by atoms with E-state index in [1.807, 2.05) is 53.4 Å². The van der Waals surface area contributed by atoms with Gasteiger partial charge in [0, 0.05) is 12.3 Å². The van der Waals surface area contributed by atoms with Crippen LogP contribution in [0.15, 0.2) is 84.9 Å². The largest absolute Gasteiger partial charge is 0.381 e. The highest BCUT2D eigenvalue weighted by atomic mass is 16.5. The number of benzene rings is 3. The first-order valence-corrected chi connectivity index (χ1v) is 9.40. The molecule has 0 spiro atoms. The molecule has 0 radical (unpaired) electrons. The zero-order valence-corrected chi connectivity index (χ0v) is 15.3. The van der Waals surface area contributed by atoms with E-state index in [0.717, 1.165) is 28.8 Å². The molecular weight excluding hydrogens is 334 g/mol. The van der Waals surface area contributed by atoms with Gasteiger partial charge in [0.2, 0.25) is 5.91 Å². The van der Waals surface area contributed by atoms with Crippen LogP contribution < -0.4 is 4.90 Å². The molecular formula is C24H23NO2. The summed E-state index contributed by atoms with van der Waals surface area (Å²) in [4.78, 5) is 15.1. The summed E-state index contributed by atoms with van der Waals surface area (Å²) in [5, 5.41) is 0. The number of hydrogen-bond acceptors (Lipinski definition) is 2. The molecule has 1 amide bonds. The standard InChI is InChI=1S/C24H23NO2/c26-24(22-14-15-27-18-22)25(17-19-8-3-1-4-9-19)23-13-7-12-21(16-23)20-10-5-2-6-11-20/h1-13,16,22H,14-15,17-18H2. The van der Waals surface area contributed by atoms with E-state index in [1.165, 1.54) is 0 Å². The van der Waals surface area contributed by atoms with Gasteiger partial charge < -0.3 is 9.64 Å². The number of carbonyl (C=O) groups is 1. The summed E-state index contributed by atoms with van der Waals surface area (Å²) >= 11 is 0. The average molecular weight is 357 g/mol. The Hall–Kier alpha value is -2.91. The molecule has 4 rings (SSSR count). The molecule has 0 saturated carbocycles. The number of carbonyl (C=O) groups excluding carboxylic acids is 1. The lowest BCUT2D eigenvalue weighted by atomic mass is 10.0. The van der Waals surface area contributed by atoms with Crippen molar-refractivity contribution in [2.75, 3.05) is 18.1 Å². The second-order valence-corrected chi connectivity index (χ2v) is 6.89. The van der Waals surface area contributed by atoms with E-state index in [2.05, 4.69) is 36.4 Å². The van der Waals surface area contributed by atoms with E-state index in [1.54, 1.807) is 0 Å². The molecule has 0 aliphatic carbocycles. The maximum Gasteiger partial charge on any atom is 0.232 e. The fraction of sp³-hybridized carbons (Fsp3) is 0.208. The molecule has 1 saturated heterocycles. The van der Waals surface area contributed by atoms with Crippen LogP contribution in [0.5, 0.6) is 0 Å². The second-order valence-electron chi connectivity index (χ2n) is 6.89. The van der Waals surface area contributed by atoms with Crippen molar-refractivity contribution in [3.63, 3.8) is 0 Å². The summed E-state index contributed by atoms with van der Waals surface area (Å²) in [5.41, 5.74) is 4.31. The monoisotopic (exact) mass is 357 g/mol. The Morgan fingerprint density at radius 1 is 0.889 bits per heavy atom. The van der Waals surface area contributed by atoms with Gasteiger partial charge in [0.15, 0.2) is 0 Å². The fourth-order valence-corrected chi connectivity index (χ4v) is 3.50. The minimum Gasteiger partial charge on any atom is -0.381 e. The molecule has 3 aromatic carbocycles. The van der Waals surface area contributed by atoms with Crippen LogP contribution in [0.3, 0.4) is 0 Å². The molecule has 1 aliphatic heterocycles. The van der Waals surface area contributed by atoms with E-state index in [9.17, 15) is 4.79 Å². The van der Waals surface area contributed by atoms with E-state index < -0.39 is 0 Å². The first kappa shape index (κ1) is 17.5. The predicted octanol–water partition coefficient (Wildman–Crippen LogP) is 4.92. The van der Waals surface area contributed by atoms with Crippen molar-refractivity contribution >= 4 is 11.6 Å². The number of anilines is 1. The number of ether oxygens (including phenoxy) is 1. The van der Waals surface area contributed by atoms with Crippen molar-refractivity contribution in [2.24, 2.45) is 5.92 Å². The van der Waals surface area contributed by atoms with Gasteiger partial charge in [-0.1, -0.05) is 72.8 Å². The van der Waals surface area contributed by atoms with Gasteiger partial charge in [-0.3, -0.25) is 4.79 Å². The smallest absolute Gasteiger partial charge is 0.232 e. The van der Waals surface area contributed by atoms with Gasteiger partial charge in [-0.05, 0) is 35.2 Å². The summed E-state index contributed by atoms with van der Waals surface area (Å²) in [5.74, 6) is 0.0793. The Morgan fingerprint density at radius 3 is 2.30 bits per heavy atom. The van der Waals surface area contributed by atoms with Crippen LogP contribution in [0.25, 0.3) is 11.1 Å². The van der Waals surface area contributed by atoms with Crippen molar-refractivity contribution in [1.82, 2.24) is 0 Å². The lowest BCUT2D eigenvalue weighted by molar-refractivity contribution is -0.122. The highest BCUT2D eigenvalue weighted by Crippen LogP contribution is 2.28. The van der Waals surface area contributed by atoms with Gasteiger partial charge in [-0.25, -0.2) is 0 Å². The molecule has 27 heavy (non-hydrogen) atoms. The van der Waals surface area contributed by atoms with Gasteiger partial charge in [0.25, 0.3) is 0 Å². The Bertz CT molecular complexity index is 887. The predicted molar refractivity (Wildman–Crippen MR) is 108 cm³/mol. The van der Waals surface area contributed by atoms with Crippen molar-refractivity contribution in [1.29, 1.82) is 0 Å². The average Bonchev–Trinajstić information content (AvgIpc) is 3.28. The highest BCUT2D eigenvalue weighted by Gasteiger charge is 2.29. The molecule has 1 fully saturated rings. The zero-order valence-electron chi connectivity index (χ0n) is 15.3. The molecule has 1 atom stereocenters. The molecule has 1 unspecified atom stereocenters. The maximum absolute atomic E-state index is 13.2. The van der Waals surface area contributed by atoms with E-state index in [0.29, 0.717) is 19.8 Å². The van der Waals surface area contributed by atoms with E-state index in [-0.39, 0.29) is 11.8 Å². The van der Waals surface area contributed by atoms with Crippen molar-refractivity contribution in [3.8, 4) is 11.1 Å². The summed E-state index contributed by atoms with van der Waals surface area (Å²) in [6.07, 6.45) is 0.794. The van der Waals surface area contributed by atoms with Gasteiger partial charge in [-0.2, -0.15) is 0 Å². The minimum absolute atomic E-state index is 0.0610. The summed E-state index contributed by atoms with van der Waals surface area (Å²) in [6, 6.07) is 28.6. The van der Waals surface area contributed by atoms with Gasteiger partial charge >= 0.3 is 0 Å². The van der Waals surface area contributed by atoms with Crippen LogP contribution >= 0.6 is 0 Å². The third-order valence-electron chi connectivity index (χ3n) is 4.99. The van der Waals surface area contributed by atoms with Crippen molar-refractivity contribution in [3.05, 3.63) is 90.5 Å². The first-order valence-electron chi connectivity index (χ1n) is 9.40. The molecule has 0 aromatic heterocycles. The minimum atomic E-state index is -0.0610. The molecule has 1 heterocycles. The summed E-state index contributed by atoms with van der Waals surface area (Å²) < 4.78 is 5.46. The Kier molecular flexibility index (Phi) is 5.31. The van der Waals surface area contributed by atoms with Crippen LogP contribution in [0.2, 0.25) is 0 Å². The van der Waals surface area contributed by atoms with Crippen molar-refractivity contribution < 1.29 is 9.53 Å². The lowest BCUT2D eigenvalue weighted by Gasteiger charge is -2.26. The Morgan fingerprint density at radius 2 is 1.59 bits per heavy atom. The number of amides is 1. The molecule has 136 valence electrons. The molecule has 3 aromatic rings. The second kappa shape index (κ2) is 8.19. The zero-order chi connectivity index (χ0) is 18.5. The first-order chi connectivity index (χ1) is 13.3. The van der Waals surface area contributed by atoms with Crippen LogP contribution in [-0.4, -0.2) is 19.1 Å². The normalized spacial score (nSPS) is 16.2. The quantitative estimate of drug-likeness (QED) is 0.648. The fourth-order valence-electron chi connectivity index (χ4n) is 3.50. The summed E-state index contributed by atoms with van der Waals surface area (Å²) in [6.45, 7) is 1.75. The lowest BCUT2D eigenvalue weighted by Crippen LogP contribution is -2.36. The van der Waals surface area contributed by atoms with E-state index in [4.69, 9.17) is 4.74 Å². The van der Waals surface area contributed by atoms with Crippen molar-refractivity contribution in [2.45, 2.75) is 13.0 Å². The van der Waals surface area contributed by atoms with Crippen LogP contribution in [0.4, 0.5) is 5.69 Å². The number of hydrogen-bond donors (Lipinski definition) is 0. The molecule has 3 nitrogen and oxygen atoms in total. The highest BCUT2D eigenvalue weighted by molar-refractivity contribution is 5.95. The van der Waals surface area contributed by atoms with Crippen LogP contribution in [0.1, 0.15) is 12.0 Å². The van der Waals surface area contributed by atoms with Crippen LogP contribution in [-0.2, 0) is 16.1 Å². The van der Waals surface area contributed by atoms with E-state index >= 15 is 0 Å². The van der Waals surface area contributed by atoms with Gasteiger partial charge in [0.05, 0.1) is 19.1 Å². The molecule has 0 N–H and O–H groups in total.